The van der Waals surface area contributed by atoms with Crippen LogP contribution in [0.1, 0.15) is 51.5 Å². The quantitative estimate of drug-likeness (QED) is 0.626. The molecule has 1 saturated heterocycles. The van der Waals surface area contributed by atoms with Crippen LogP contribution in [0, 0.1) is 13.8 Å². The second kappa shape index (κ2) is 9.85. The summed E-state index contributed by atoms with van der Waals surface area (Å²) >= 11 is 0. The van der Waals surface area contributed by atoms with Crippen LogP contribution >= 0.6 is 0 Å². The molecule has 10 heteroatoms. The fourth-order valence-corrected chi connectivity index (χ4v) is 4.96. The first kappa shape index (κ1) is 24.0. The number of hydrogen-bond acceptors (Lipinski definition) is 7. The predicted octanol–water partition coefficient (Wildman–Crippen LogP) is 2.57. The van der Waals surface area contributed by atoms with E-state index in [0.29, 0.717) is 48.7 Å². The number of carbonyl (C=O) groups is 2. The van der Waals surface area contributed by atoms with Gasteiger partial charge < -0.3 is 19.2 Å². The largest absolute Gasteiger partial charge is 0.459 e. The number of aryl methyl sites for hydroxylation is 1. The number of nitrogens with one attached hydrogen (secondary N) is 1. The van der Waals surface area contributed by atoms with E-state index in [2.05, 4.69) is 4.98 Å². The molecule has 1 N–H and O–H groups in total. The Morgan fingerprint density at radius 2 is 1.84 bits per heavy atom. The molecule has 0 radical (unpaired) electrons. The molecule has 0 unspecified atom stereocenters. The van der Waals surface area contributed by atoms with Crippen LogP contribution in [0.4, 0.5) is 0 Å². The highest BCUT2D eigenvalue weighted by Gasteiger charge is 2.27. The number of ether oxygens (including phenoxy) is 3. The van der Waals surface area contributed by atoms with Gasteiger partial charge in [-0.15, -0.1) is 0 Å². The van der Waals surface area contributed by atoms with E-state index in [1.807, 2.05) is 0 Å². The van der Waals surface area contributed by atoms with Gasteiger partial charge in [-0.25, -0.2) is 18.0 Å². The highest BCUT2D eigenvalue weighted by Crippen LogP contribution is 2.22. The maximum Gasteiger partial charge on any atom is 0.355 e. The highest BCUT2D eigenvalue weighted by atomic mass is 32.2. The first-order chi connectivity index (χ1) is 15.1. The normalized spacial score (nSPS) is 15.0. The number of aromatic nitrogens is 1. The zero-order chi connectivity index (χ0) is 23.5. The molecule has 174 valence electrons. The molecule has 9 nitrogen and oxygen atoms in total. The molecule has 1 fully saturated rings. The minimum absolute atomic E-state index is 0.116. The van der Waals surface area contributed by atoms with Crippen molar-refractivity contribution in [2.24, 2.45) is 0 Å². The third-order valence-corrected chi connectivity index (χ3v) is 6.96. The molecule has 2 aromatic rings. The summed E-state index contributed by atoms with van der Waals surface area (Å²) in [5, 5.41) is 0. The van der Waals surface area contributed by atoms with Crippen LogP contribution in [0.25, 0.3) is 0 Å². The molecule has 2 heterocycles. The lowest BCUT2D eigenvalue weighted by molar-refractivity contribution is 0.0376. The molecule has 1 aromatic heterocycles. The van der Waals surface area contributed by atoms with E-state index in [1.54, 1.807) is 39.8 Å². The van der Waals surface area contributed by atoms with Gasteiger partial charge in [-0.05, 0) is 51.0 Å². The molecule has 3 rings (SSSR count). The molecule has 0 atom stereocenters. The van der Waals surface area contributed by atoms with E-state index >= 15 is 0 Å². The molecule has 32 heavy (non-hydrogen) atoms. The van der Waals surface area contributed by atoms with Gasteiger partial charge in [0, 0.05) is 18.8 Å². The summed E-state index contributed by atoms with van der Waals surface area (Å²) in [5.41, 5.74) is 1.97. The van der Waals surface area contributed by atoms with Crippen LogP contribution in [0.15, 0.2) is 29.2 Å². The summed E-state index contributed by atoms with van der Waals surface area (Å²) in [4.78, 5) is 28.0. The zero-order valence-corrected chi connectivity index (χ0v) is 19.5. The zero-order valence-electron chi connectivity index (χ0n) is 18.6. The SMILES string of the molecule is Cc1[nH]c(C(=O)OCc2cccc(S(=O)(=O)N3CCOCC3)c2)c(C)c1C(=O)OC(C)C. The first-order valence-corrected chi connectivity index (χ1v) is 11.8. The number of rotatable bonds is 7. The van der Waals surface area contributed by atoms with Crippen molar-refractivity contribution in [3.63, 3.8) is 0 Å². The minimum atomic E-state index is -3.65. The Hall–Kier alpha value is -2.69. The van der Waals surface area contributed by atoms with E-state index < -0.39 is 22.0 Å². The lowest BCUT2D eigenvalue weighted by Gasteiger charge is -2.26. The van der Waals surface area contributed by atoms with Crippen LogP contribution in [0.3, 0.4) is 0 Å². The van der Waals surface area contributed by atoms with Gasteiger partial charge in [0.25, 0.3) is 0 Å². The van der Waals surface area contributed by atoms with Crippen molar-refractivity contribution in [3.05, 3.63) is 52.3 Å². The Bertz CT molecular complexity index is 1100. The van der Waals surface area contributed by atoms with Gasteiger partial charge in [0.05, 0.1) is 29.8 Å². The van der Waals surface area contributed by atoms with Gasteiger partial charge in [0.2, 0.25) is 10.0 Å². The number of esters is 2. The van der Waals surface area contributed by atoms with Crippen LogP contribution in [-0.2, 0) is 30.8 Å². The number of benzene rings is 1. The fourth-order valence-electron chi connectivity index (χ4n) is 3.49. The second-order valence-electron chi connectivity index (χ2n) is 7.82. The number of hydrogen-bond donors (Lipinski definition) is 1. The van der Waals surface area contributed by atoms with Gasteiger partial charge in [-0.1, -0.05) is 12.1 Å². The van der Waals surface area contributed by atoms with Crippen molar-refractivity contribution in [3.8, 4) is 0 Å². The molecule has 1 aromatic carbocycles. The fraction of sp³-hybridized carbons (Fsp3) is 0.455. The average Bonchev–Trinajstić information content (AvgIpc) is 3.06. The van der Waals surface area contributed by atoms with Gasteiger partial charge in [-0.2, -0.15) is 4.31 Å². The van der Waals surface area contributed by atoms with Crippen LogP contribution in [0.2, 0.25) is 0 Å². The highest BCUT2D eigenvalue weighted by molar-refractivity contribution is 7.89. The number of nitrogens with zero attached hydrogens (tertiary/aromatic N) is 1. The monoisotopic (exact) mass is 464 g/mol. The second-order valence-corrected chi connectivity index (χ2v) is 9.76. The maximum absolute atomic E-state index is 12.8. The van der Waals surface area contributed by atoms with Gasteiger partial charge >= 0.3 is 11.9 Å². The Morgan fingerprint density at radius 1 is 1.16 bits per heavy atom. The van der Waals surface area contributed by atoms with E-state index in [-0.39, 0.29) is 23.3 Å². The maximum atomic E-state index is 12.8. The molecule has 0 amide bonds. The molecule has 0 bridgehead atoms. The van der Waals surface area contributed by atoms with Crippen molar-refractivity contribution in [2.75, 3.05) is 26.3 Å². The lowest BCUT2D eigenvalue weighted by atomic mass is 10.1. The Labute approximate surface area is 187 Å². The number of morpholine rings is 1. The van der Waals surface area contributed by atoms with E-state index in [9.17, 15) is 18.0 Å². The molecule has 0 aliphatic carbocycles. The number of sulfonamides is 1. The van der Waals surface area contributed by atoms with Gasteiger partial charge in [-0.3, -0.25) is 0 Å². The van der Waals surface area contributed by atoms with Crippen molar-refractivity contribution < 1.29 is 32.2 Å². The summed E-state index contributed by atoms with van der Waals surface area (Å²) in [5.74, 6) is -1.15. The molecule has 0 spiro atoms. The third-order valence-electron chi connectivity index (χ3n) is 5.06. The Balaban J connectivity index is 1.72. The van der Waals surface area contributed by atoms with Gasteiger partial charge in [0.1, 0.15) is 12.3 Å². The smallest absolute Gasteiger partial charge is 0.355 e. The van der Waals surface area contributed by atoms with Crippen LogP contribution < -0.4 is 0 Å². The number of carbonyl (C=O) groups excluding carboxylic acids is 2. The third kappa shape index (κ3) is 5.20. The molecule has 1 aliphatic heterocycles. The summed E-state index contributed by atoms with van der Waals surface area (Å²) in [6.07, 6.45) is -0.285. The molecular formula is C22H28N2O7S. The number of H-pyrrole nitrogens is 1. The number of aromatic amines is 1. The Kier molecular flexibility index (Phi) is 7.37. The van der Waals surface area contributed by atoms with Crippen molar-refractivity contribution >= 4 is 22.0 Å². The lowest BCUT2D eigenvalue weighted by Crippen LogP contribution is -2.40. The van der Waals surface area contributed by atoms with Gasteiger partial charge in [0.15, 0.2) is 0 Å². The first-order valence-electron chi connectivity index (χ1n) is 10.4. The topological polar surface area (TPSA) is 115 Å². The van der Waals surface area contributed by atoms with E-state index in [4.69, 9.17) is 14.2 Å². The standard InChI is InChI=1S/C22H28N2O7S/c1-14(2)31-21(25)19-15(3)20(23-16(19)4)22(26)30-13-17-6-5-7-18(12-17)32(27,28)24-8-10-29-11-9-24/h5-7,12,14,23H,8-11,13H2,1-4H3. The van der Waals surface area contributed by atoms with E-state index in [1.165, 1.54) is 16.4 Å². The van der Waals surface area contributed by atoms with Crippen molar-refractivity contribution in [2.45, 2.75) is 45.3 Å². The summed E-state index contributed by atoms with van der Waals surface area (Å²) in [6, 6.07) is 6.31. The summed E-state index contributed by atoms with van der Waals surface area (Å²) < 4.78 is 42.9. The van der Waals surface area contributed by atoms with E-state index in [0.717, 1.165) is 0 Å². The predicted molar refractivity (Wildman–Crippen MR) is 116 cm³/mol. The molecular weight excluding hydrogens is 436 g/mol. The van der Waals surface area contributed by atoms with Crippen molar-refractivity contribution in [1.29, 1.82) is 0 Å². The summed E-state index contributed by atoms with van der Waals surface area (Å²) in [6.45, 7) is 8.02. The minimum Gasteiger partial charge on any atom is -0.459 e. The molecule has 1 aliphatic rings. The van der Waals surface area contributed by atoms with Crippen molar-refractivity contribution in [1.82, 2.24) is 9.29 Å². The Morgan fingerprint density at radius 3 is 2.50 bits per heavy atom. The summed E-state index contributed by atoms with van der Waals surface area (Å²) in [7, 11) is -3.65. The average molecular weight is 465 g/mol. The molecule has 0 saturated carbocycles. The van der Waals surface area contributed by atoms with Crippen LogP contribution in [-0.4, -0.2) is 62.1 Å². The van der Waals surface area contributed by atoms with Crippen LogP contribution in [0.5, 0.6) is 0 Å².